The lowest BCUT2D eigenvalue weighted by Gasteiger charge is -1.93. The van der Waals surface area contributed by atoms with Gasteiger partial charge in [0.15, 0.2) is 0 Å². The number of aromatic nitrogens is 3. The predicted molar refractivity (Wildman–Crippen MR) is 44.0 cm³/mol. The van der Waals surface area contributed by atoms with Crippen LogP contribution in [0.1, 0.15) is 11.6 Å². The Labute approximate surface area is 69.4 Å². The summed E-state index contributed by atoms with van der Waals surface area (Å²) < 4.78 is 0. The first-order valence-corrected chi connectivity index (χ1v) is 3.40. The summed E-state index contributed by atoms with van der Waals surface area (Å²) >= 11 is 4.40. The molecule has 11 heavy (non-hydrogen) atoms. The SMILES string of the molecule is Cc1nc(C)nc(N=C=S)n1. The van der Waals surface area contributed by atoms with Crippen molar-refractivity contribution < 1.29 is 0 Å². The van der Waals surface area contributed by atoms with Crippen LogP contribution in [0, 0.1) is 13.8 Å². The average Bonchev–Trinajstić information content (AvgIpc) is 1.85. The van der Waals surface area contributed by atoms with Crippen LogP contribution in [0.4, 0.5) is 5.95 Å². The van der Waals surface area contributed by atoms with Crippen LogP contribution < -0.4 is 0 Å². The molecule has 0 atom stereocenters. The third kappa shape index (κ3) is 2.14. The summed E-state index contributed by atoms with van der Waals surface area (Å²) in [6.45, 7) is 3.55. The van der Waals surface area contributed by atoms with E-state index in [0.29, 0.717) is 17.6 Å². The molecule has 0 saturated heterocycles. The molecule has 0 unspecified atom stereocenters. The smallest absolute Gasteiger partial charge is 0.218 e. The Morgan fingerprint density at radius 1 is 1.18 bits per heavy atom. The van der Waals surface area contributed by atoms with E-state index in [9.17, 15) is 0 Å². The van der Waals surface area contributed by atoms with E-state index < -0.39 is 0 Å². The number of isothiocyanates is 1. The van der Waals surface area contributed by atoms with E-state index in [1.807, 2.05) is 0 Å². The van der Waals surface area contributed by atoms with Gasteiger partial charge in [-0.05, 0) is 26.1 Å². The van der Waals surface area contributed by atoms with Gasteiger partial charge in [0.1, 0.15) is 11.6 Å². The standard InChI is InChI=1S/C6H6N4S/c1-4-8-5(2)10-6(9-4)7-3-11/h1-2H3. The van der Waals surface area contributed by atoms with Gasteiger partial charge in [0, 0.05) is 0 Å². The van der Waals surface area contributed by atoms with Crippen molar-refractivity contribution in [2.45, 2.75) is 13.8 Å². The summed E-state index contributed by atoms with van der Waals surface area (Å²) in [7, 11) is 0. The predicted octanol–water partition coefficient (Wildman–Crippen LogP) is 1.22. The lowest BCUT2D eigenvalue weighted by atomic mass is 10.6. The first-order chi connectivity index (χ1) is 5.22. The van der Waals surface area contributed by atoms with Gasteiger partial charge in [-0.1, -0.05) is 0 Å². The van der Waals surface area contributed by atoms with Gasteiger partial charge in [-0.2, -0.15) is 15.0 Å². The summed E-state index contributed by atoms with van der Waals surface area (Å²) in [6.07, 6.45) is 0. The van der Waals surface area contributed by atoms with Crippen molar-refractivity contribution in [3.63, 3.8) is 0 Å². The van der Waals surface area contributed by atoms with Crippen LogP contribution in [0.5, 0.6) is 0 Å². The van der Waals surface area contributed by atoms with Gasteiger partial charge in [-0.3, -0.25) is 0 Å². The molecule has 1 aromatic heterocycles. The summed E-state index contributed by atoms with van der Waals surface area (Å²) in [6, 6.07) is 0. The van der Waals surface area contributed by atoms with Crippen molar-refractivity contribution in [3.8, 4) is 0 Å². The van der Waals surface area contributed by atoms with E-state index in [4.69, 9.17) is 0 Å². The lowest BCUT2D eigenvalue weighted by Crippen LogP contribution is -1.94. The van der Waals surface area contributed by atoms with Crippen LogP contribution in [-0.2, 0) is 0 Å². The fourth-order valence-corrected chi connectivity index (χ4v) is 0.771. The van der Waals surface area contributed by atoms with Crippen molar-refractivity contribution in [3.05, 3.63) is 11.6 Å². The van der Waals surface area contributed by atoms with Gasteiger partial charge in [0.2, 0.25) is 0 Å². The highest BCUT2D eigenvalue weighted by Gasteiger charge is 1.95. The van der Waals surface area contributed by atoms with E-state index >= 15 is 0 Å². The number of thiocarbonyl (C=S) groups is 1. The molecule has 5 heteroatoms. The van der Waals surface area contributed by atoms with Crippen molar-refractivity contribution in [2.75, 3.05) is 0 Å². The zero-order chi connectivity index (χ0) is 8.27. The minimum absolute atomic E-state index is 0.324. The van der Waals surface area contributed by atoms with Crippen LogP contribution in [0.15, 0.2) is 4.99 Å². The number of aliphatic imine (C=N–C) groups is 1. The molecule has 1 heterocycles. The van der Waals surface area contributed by atoms with Gasteiger partial charge in [-0.15, -0.1) is 0 Å². The van der Waals surface area contributed by atoms with Crippen LogP contribution in [0.25, 0.3) is 0 Å². The van der Waals surface area contributed by atoms with E-state index in [0.717, 1.165) is 0 Å². The van der Waals surface area contributed by atoms with Crippen molar-refractivity contribution in [1.29, 1.82) is 0 Å². The molecule has 0 aliphatic carbocycles. The zero-order valence-electron chi connectivity index (χ0n) is 6.20. The van der Waals surface area contributed by atoms with Gasteiger partial charge in [0.25, 0.3) is 5.95 Å². The minimum Gasteiger partial charge on any atom is -0.218 e. The second kappa shape index (κ2) is 3.27. The Hall–Kier alpha value is -1.19. The molecular weight excluding hydrogens is 160 g/mol. The number of hydrogen-bond donors (Lipinski definition) is 0. The van der Waals surface area contributed by atoms with Crippen LogP contribution in [0.2, 0.25) is 0 Å². The monoisotopic (exact) mass is 166 g/mol. The van der Waals surface area contributed by atoms with E-state index in [2.05, 4.69) is 37.3 Å². The highest BCUT2D eigenvalue weighted by molar-refractivity contribution is 7.78. The molecule has 0 N–H and O–H groups in total. The fraction of sp³-hybridized carbons (Fsp3) is 0.333. The topological polar surface area (TPSA) is 51.0 Å². The molecule has 0 fully saturated rings. The maximum Gasteiger partial charge on any atom is 0.261 e. The largest absolute Gasteiger partial charge is 0.261 e. The summed E-state index contributed by atoms with van der Waals surface area (Å²) in [5, 5.41) is 2.19. The highest BCUT2D eigenvalue weighted by atomic mass is 32.1. The van der Waals surface area contributed by atoms with Gasteiger partial charge < -0.3 is 0 Å². The Morgan fingerprint density at radius 2 is 1.73 bits per heavy atom. The summed E-state index contributed by atoms with van der Waals surface area (Å²) in [4.78, 5) is 15.4. The minimum atomic E-state index is 0.324. The molecule has 0 saturated carbocycles. The van der Waals surface area contributed by atoms with E-state index in [1.165, 1.54) is 0 Å². The number of rotatable bonds is 1. The Bertz CT molecular complexity index is 296. The lowest BCUT2D eigenvalue weighted by molar-refractivity contribution is 0.919. The highest BCUT2D eigenvalue weighted by Crippen LogP contribution is 2.01. The number of nitrogens with zero attached hydrogens (tertiary/aromatic N) is 4. The number of hydrogen-bond acceptors (Lipinski definition) is 5. The molecular formula is C6H6N4S. The molecule has 0 aliphatic heterocycles. The Morgan fingerprint density at radius 3 is 2.18 bits per heavy atom. The first-order valence-electron chi connectivity index (χ1n) is 2.99. The average molecular weight is 166 g/mol. The molecule has 0 aliphatic rings. The quantitative estimate of drug-likeness (QED) is 0.465. The third-order valence-electron chi connectivity index (χ3n) is 0.993. The van der Waals surface area contributed by atoms with Crippen molar-refractivity contribution in [2.24, 2.45) is 4.99 Å². The maximum atomic E-state index is 4.40. The van der Waals surface area contributed by atoms with Crippen molar-refractivity contribution in [1.82, 2.24) is 15.0 Å². The second-order valence-corrected chi connectivity index (χ2v) is 2.12. The molecule has 1 aromatic rings. The normalized spacial score (nSPS) is 8.91. The second-order valence-electron chi connectivity index (χ2n) is 1.93. The van der Waals surface area contributed by atoms with Gasteiger partial charge in [0.05, 0.1) is 5.16 Å². The maximum absolute atomic E-state index is 4.40. The molecule has 0 bridgehead atoms. The molecule has 0 aromatic carbocycles. The van der Waals surface area contributed by atoms with Crippen LogP contribution in [0.3, 0.4) is 0 Å². The summed E-state index contributed by atoms with van der Waals surface area (Å²) in [5.41, 5.74) is 0. The summed E-state index contributed by atoms with van der Waals surface area (Å²) in [5.74, 6) is 1.60. The molecule has 0 radical (unpaired) electrons. The molecule has 4 nitrogen and oxygen atoms in total. The number of aryl methyl sites for hydroxylation is 2. The Balaban J connectivity index is 3.18. The zero-order valence-corrected chi connectivity index (χ0v) is 7.01. The van der Waals surface area contributed by atoms with Crippen molar-refractivity contribution >= 4 is 23.3 Å². The Kier molecular flexibility index (Phi) is 2.36. The molecule has 0 spiro atoms. The van der Waals surface area contributed by atoms with E-state index in [-0.39, 0.29) is 0 Å². The first kappa shape index (κ1) is 7.91. The third-order valence-corrected chi connectivity index (χ3v) is 1.08. The molecule has 56 valence electrons. The fourth-order valence-electron chi connectivity index (χ4n) is 0.689. The van der Waals surface area contributed by atoms with Crippen LogP contribution >= 0.6 is 12.2 Å². The van der Waals surface area contributed by atoms with E-state index in [1.54, 1.807) is 13.8 Å². The molecule has 1 rings (SSSR count). The van der Waals surface area contributed by atoms with Gasteiger partial charge in [-0.25, -0.2) is 4.98 Å². The van der Waals surface area contributed by atoms with Crippen LogP contribution in [-0.4, -0.2) is 20.1 Å². The van der Waals surface area contributed by atoms with Gasteiger partial charge >= 0.3 is 0 Å². The molecule has 0 amide bonds.